The summed E-state index contributed by atoms with van der Waals surface area (Å²) in [5, 5.41) is 4.53. The van der Waals surface area contributed by atoms with Gasteiger partial charge < -0.3 is 15.1 Å². The molecule has 1 aromatic carbocycles. The lowest BCUT2D eigenvalue weighted by Gasteiger charge is -2.43. The van der Waals surface area contributed by atoms with Crippen molar-refractivity contribution in [2.75, 3.05) is 39.3 Å². The third kappa shape index (κ3) is 5.71. The van der Waals surface area contributed by atoms with E-state index >= 15 is 0 Å². The quantitative estimate of drug-likeness (QED) is 0.579. The maximum atomic E-state index is 13.3. The number of amides is 1. The molecule has 0 aromatic heterocycles. The van der Waals surface area contributed by atoms with E-state index in [0.29, 0.717) is 28.9 Å². The molecule has 0 radical (unpaired) electrons. The number of fused-ring (bicyclic) bond motifs is 2. The number of carbonyl (C=O) groups is 1. The Hall–Kier alpha value is -2.02. The van der Waals surface area contributed by atoms with Crippen LogP contribution in [0.25, 0.3) is 6.08 Å². The Bertz CT molecular complexity index is 1000. The maximum Gasteiger partial charge on any atom is 0.246 e. The van der Waals surface area contributed by atoms with Crippen molar-refractivity contribution in [2.24, 2.45) is 17.3 Å². The van der Waals surface area contributed by atoms with Crippen LogP contribution in [0.2, 0.25) is 0 Å². The zero-order valence-corrected chi connectivity index (χ0v) is 20.8. The van der Waals surface area contributed by atoms with Crippen molar-refractivity contribution in [3.63, 3.8) is 0 Å². The molecule has 35 heavy (non-hydrogen) atoms. The van der Waals surface area contributed by atoms with E-state index in [9.17, 15) is 13.6 Å². The Morgan fingerprint density at radius 3 is 2.54 bits per heavy atom. The van der Waals surface area contributed by atoms with Gasteiger partial charge in [0.15, 0.2) is 0 Å². The van der Waals surface area contributed by atoms with Gasteiger partial charge in [0.25, 0.3) is 0 Å². The van der Waals surface area contributed by atoms with Crippen LogP contribution in [0.15, 0.2) is 47.5 Å². The first-order valence-corrected chi connectivity index (χ1v) is 13.2. The van der Waals surface area contributed by atoms with Gasteiger partial charge in [-0.05, 0) is 99.0 Å². The normalized spacial score (nSPS) is 26.9. The molecule has 1 N–H and O–H groups in total. The number of likely N-dealkylation sites (tertiary alicyclic amines) is 2. The molecule has 2 atom stereocenters. The molecule has 3 fully saturated rings. The molecular weight excluding hydrogens is 468 g/mol. The van der Waals surface area contributed by atoms with E-state index in [1.807, 2.05) is 4.90 Å². The molecule has 1 aliphatic carbocycles. The Balaban J connectivity index is 1.03. The van der Waals surface area contributed by atoms with Gasteiger partial charge in [-0.15, -0.1) is 0 Å². The van der Waals surface area contributed by atoms with Gasteiger partial charge >= 0.3 is 0 Å². The molecule has 2 unspecified atom stereocenters. The molecule has 1 amide bonds. The molecule has 3 heterocycles. The predicted octanol–water partition coefficient (Wildman–Crippen LogP) is 4.97. The molecule has 4 aliphatic rings. The van der Waals surface area contributed by atoms with Crippen LogP contribution in [0, 0.1) is 28.9 Å². The number of halogens is 3. The predicted molar refractivity (Wildman–Crippen MR) is 136 cm³/mol. The standard InChI is InChI=1S/C28H34ClF2N3O/c29-22-2-3-25-26(17-22)32-19-28(25)8-13-33(14-9-28)10-5-20-6-11-34(12-7-20)27(35)4-1-21-15-23(30)18-24(31)16-21/h1-4,15-18,20,25-26,32H,5-14,19H2/b4-1+. The molecule has 0 bridgehead atoms. The molecule has 0 saturated carbocycles. The van der Waals surface area contributed by atoms with Crippen LogP contribution in [0.4, 0.5) is 8.78 Å². The highest BCUT2D eigenvalue weighted by molar-refractivity contribution is 6.31. The van der Waals surface area contributed by atoms with Crippen LogP contribution >= 0.6 is 11.6 Å². The zero-order valence-electron chi connectivity index (χ0n) is 20.1. The minimum absolute atomic E-state index is 0.0918. The van der Waals surface area contributed by atoms with Crippen LogP contribution < -0.4 is 5.32 Å². The highest BCUT2D eigenvalue weighted by Gasteiger charge is 2.48. The van der Waals surface area contributed by atoms with E-state index in [4.69, 9.17) is 11.6 Å². The fraction of sp³-hybridized carbons (Fsp3) is 0.536. The average molecular weight is 502 g/mol. The fourth-order valence-corrected chi connectivity index (χ4v) is 6.55. The van der Waals surface area contributed by atoms with Crippen molar-refractivity contribution in [3.05, 3.63) is 64.7 Å². The van der Waals surface area contributed by atoms with Crippen LogP contribution in [0.5, 0.6) is 0 Å². The summed E-state index contributed by atoms with van der Waals surface area (Å²) >= 11 is 6.20. The Morgan fingerprint density at radius 2 is 1.83 bits per heavy atom. The van der Waals surface area contributed by atoms with Crippen molar-refractivity contribution in [1.82, 2.24) is 15.1 Å². The smallest absolute Gasteiger partial charge is 0.246 e. The summed E-state index contributed by atoms with van der Waals surface area (Å²) in [7, 11) is 0. The van der Waals surface area contributed by atoms with Crippen molar-refractivity contribution in [2.45, 2.75) is 38.1 Å². The number of hydrogen-bond donors (Lipinski definition) is 1. The van der Waals surface area contributed by atoms with Gasteiger partial charge in [-0.3, -0.25) is 4.79 Å². The Kier molecular flexibility index (Phi) is 7.42. The summed E-state index contributed by atoms with van der Waals surface area (Å²) in [6.07, 6.45) is 15.1. The van der Waals surface area contributed by atoms with Crippen molar-refractivity contribution in [3.8, 4) is 0 Å². The van der Waals surface area contributed by atoms with E-state index < -0.39 is 11.6 Å². The van der Waals surface area contributed by atoms with Gasteiger partial charge in [0, 0.05) is 48.8 Å². The summed E-state index contributed by atoms with van der Waals surface area (Å²) in [5.74, 6) is -0.172. The largest absolute Gasteiger partial charge is 0.339 e. The van der Waals surface area contributed by atoms with E-state index in [1.165, 1.54) is 43.5 Å². The van der Waals surface area contributed by atoms with Crippen LogP contribution in [-0.2, 0) is 4.79 Å². The number of allylic oxidation sites excluding steroid dienone is 2. The second-order valence-corrected chi connectivity index (χ2v) is 11.1. The van der Waals surface area contributed by atoms with Gasteiger partial charge in [-0.1, -0.05) is 17.7 Å². The zero-order chi connectivity index (χ0) is 24.4. The van der Waals surface area contributed by atoms with Crippen LogP contribution in [-0.4, -0.2) is 61.0 Å². The first kappa shape index (κ1) is 24.7. The molecule has 5 rings (SSSR count). The number of piperidine rings is 2. The van der Waals surface area contributed by atoms with Gasteiger partial charge in [0.1, 0.15) is 11.6 Å². The highest BCUT2D eigenvalue weighted by atomic mass is 35.5. The van der Waals surface area contributed by atoms with Gasteiger partial charge in [-0.25, -0.2) is 8.78 Å². The lowest BCUT2D eigenvalue weighted by Crippen LogP contribution is -2.45. The summed E-state index contributed by atoms with van der Waals surface area (Å²) in [6, 6.07) is 3.66. The topological polar surface area (TPSA) is 35.6 Å². The molecule has 1 spiro atoms. The number of nitrogens with one attached hydrogen (secondary N) is 1. The number of hydrogen-bond acceptors (Lipinski definition) is 3. The molecular formula is C28H34ClF2N3O. The third-order valence-electron chi connectivity index (χ3n) is 8.52. The first-order valence-electron chi connectivity index (χ1n) is 12.8. The number of carbonyl (C=O) groups excluding carboxylic acids is 1. The van der Waals surface area contributed by atoms with Crippen LogP contribution in [0.1, 0.15) is 37.7 Å². The summed E-state index contributed by atoms with van der Waals surface area (Å²) in [5.41, 5.74) is 0.722. The molecule has 4 nitrogen and oxygen atoms in total. The number of rotatable bonds is 5. The molecule has 1 aromatic rings. The van der Waals surface area contributed by atoms with Crippen molar-refractivity contribution >= 4 is 23.6 Å². The maximum absolute atomic E-state index is 13.3. The van der Waals surface area contributed by atoms with Crippen LogP contribution in [0.3, 0.4) is 0 Å². The molecule has 188 valence electrons. The lowest BCUT2D eigenvalue weighted by atomic mass is 9.68. The minimum Gasteiger partial charge on any atom is -0.339 e. The van der Waals surface area contributed by atoms with E-state index in [-0.39, 0.29) is 5.91 Å². The van der Waals surface area contributed by atoms with Crippen molar-refractivity contribution < 1.29 is 13.6 Å². The molecule has 3 saturated heterocycles. The van der Waals surface area contributed by atoms with E-state index in [0.717, 1.165) is 63.2 Å². The second-order valence-electron chi connectivity index (χ2n) is 10.6. The minimum atomic E-state index is -0.640. The summed E-state index contributed by atoms with van der Waals surface area (Å²) in [4.78, 5) is 17.0. The third-order valence-corrected chi connectivity index (χ3v) is 8.77. The average Bonchev–Trinajstić information content (AvgIpc) is 3.19. The Labute approximate surface area is 211 Å². The summed E-state index contributed by atoms with van der Waals surface area (Å²) < 4.78 is 26.7. The monoisotopic (exact) mass is 501 g/mol. The van der Waals surface area contributed by atoms with Crippen molar-refractivity contribution in [1.29, 1.82) is 0 Å². The van der Waals surface area contributed by atoms with Gasteiger partial charge in [0.2, 0.25) is 5.91 Å². The number of benzene rings is 1. The van der Waals surface area contributed by atoms with Gasteiger partial charge in [0.05, 0.1) is 0 Å². The number of nitrogens with zero attached hydrogens (tertiary/aromatic N) is 2. The van der Waals surface area contributed by atoms with E-state index in [1.54, 1.807) is 0 Å². The lowest BCUT2D eigenvalue weighted by molar-refractivity contribution is -0.127. The Morgan fingerprint density at radius 1 is 1.11 bits per heavy atom. The van der Waals surface area contributed by atoms with Gasteiger partial charge in [-0.2, -0.15) is 0 Å². The molecule has 3 aliphatic heterocycles. The molecule has 7 heteroatoms. The fourth-order valence-electron chi connectivity index (χ4n) is 6.34. The van der Waals surface area contributed by atoms with E-state index in [2.05, 4.69) is 28.4 Å². The highest BCUT2D eigenvalue weighted by Crippen LogP contribution is 2.46. The second kappa shape index (κ2) is 10.5. The summed E-state index contributed by atoms with van der Waals surface area (Å²) in [6.45, 7) is 5.99. The SMILES string of the molecule is O=C(/C=C/c1cc(F)cc(F)c1)N1CCC(CCN2CCC3(CC2)CNC2C=C(Cl)C=CC23)CC1. The first-order chi connectivity index (χ1) is 16.9.